The predicted molar refractivity (Wildman–Crippen MR) is 175 cm³/mol. The fourth-order valence-electron chi connectivity index (χ4n) is 4.76. The van der Waals surface area contributed by atoms with Gasteiger partial charge >= 0.3 is 6.16 Å². The fourth-order valence-corrected chi connectivity index (χ4v) is 4.76. The van der Waals surface area contributed by atoms with Gasteiger partial charge in [0, 0.05) is 50.4 Å². The number of benzene rings is 2. The maximum Gasteiger partial charge on any atom is 0.510 e. The summed E-state index contributed by atoms with van der Waals surface area (Å²) in [5.41, 5.74) is 4.75. The van der Waals surface area contributed by atoms with Crippen molar-refractivity contribution in [1.29, 1.82) is 0 Å². The van der Waals surface area contributed by atoms with E-state index in [1.165, 1.54) is 22.9 Å². The van der Waals surface area contributed by atoms with Crippen LogP contribution in [0.5, 0.6) is 5.75 Å². The first-order valence-corrected chi connectivity index (χ1v) is 15.3. The van der Waals surface area contributed by atoms with Crippen molar-refractivity contribution in [3.8, 4) is 5.75 Å². The molecular formula is C35H51N3O5. The lowest BCUT2D eigenvalue weighted by Crippen LogP contribution is -2.46. The Bertz CT molecular complexity index is 1240. The van der Waals surface area contributed by atoms with Crippen LogP contribution < -0.4 is 14.5 Å². The van der Waals surface area contributed by atoms with Gasteiger partial charge in [0.05, 0.1) is 12.3 Å². The summed E-state index contributed by atoms with van der Waals surface area (Å²) < 4.78 is 17.1. The molecule has 1 saturated heterocycles. The minimum absolute atomic E-state index is 0.0127. The number of aryl methyl sites for hydroxylation is 1. The van der Waals surface area contributed by atoms with Gasteiger partial charge in [-0.3, -0.25) is 9.69 Å². The van der Waals surface area contributed by atoms with E-state index in [2.05, 4.69) is 41.8 Å². The number of unbranched alkanes of at least 4 members (excludes halogenated alkanes) is 1. The van der Waals surface area contributed by atoms with Gasteiger partial charge in [0.15, 0.2) is 6.73 Å². The number of hydrogen-bond acceptors (Lipinski definition) is 8. The summed E-state index contributed by atoms with van der Waals surface area (Å²) in [6.07, 6.45) is 5.20. The molecule has 0 aromatic heterocycles. The highest BCUT2D eigenvalue weighted by Crippen LogP contribution is 2.33. The quantitative estimate of drug-likeness (QED) is 0.0820. The third-order valence-electron chi connectivity index (χ3n) is 8.71. The van der Waals surface area contributed by atoms with Gasteiger partial charge in [0.1, 0.15) is 17.6 Å². The average Bonchev–Trinajstić information content (AvgIpc) is 2.96. The Morgan fingerprint density at radius 1 is 1.00 bits per heavy atom. The van der Waals surface area contributed by atoms with Crippen LogP contribution in [0, 0.1) is 19.3 Å². The number of nitrogens with zero attached hydrogens (tertiary/aromatic N) is 3. The molecular weight excluding hydrogens is 542 g/mol. The van der Waals surface area contributed by atoms with Crippen molar-refractivity contribution in [2.75, 3.05) is 62.9 Å². The van der Waals surface area contributed by atoms with E-state index in [1.807, 2.05) is 59.9 Å². The monoisotopic (exact) mass is 593 g/mol. The first kappa shape index (κ1) is 34.0. The molecule has 8 heteroatoms. The van der Waals surface area contributed by atoms with Crippen molar-refractivity contribution < 1.29 is 23.8 Å². The minimum atomic E-state index is -0.726. The maximum absolute atomic E-state index is 12.4. The van der Waals surface area contributed by atoms with Crippen molar-refractivity contribution in [2.45, 2.75) is 66.9 Å². The van der Waals surface area contributed by atoms with Gasteiger partial charge in [0.2, 0.25) is 0 Å². The zero-order valence-electron chi connectivity index (χ0n) is 27.4. The molecule has 1 aliphatic rings. The molecule has 1 heterocycles. The van der Waals surface area contributed by atoms with Gasteiger partial charge in [-0.1, -0.05) is 32.9 Å². The normalized spacial score (nSPS) is 14.6. The molecule has 8 nitrogen and oxygen atoms in total. The molecule has 0 N–H and O–H groups in total. The summed E-state index contributed by atoms with van der Waals surface area (Å²) in [5, 5.41) is 0. The zero-order valence-corrected chi connectivity index (χ0v) is 27.4. The Kier molecular flexibility index (Phi) is 12.1. The van der Waals surface area contributed by atoms with E-state index in [4.69, 9.17) is 14.2 Å². The van der Waals surface area contributed by atoms with Crippen LogP contribution in [0.4, 0.5) is 16.2 Å². The second kappa shape index (κ2) is 15.3. The number of piperazine rings is 1. The highest BCUT2D eigenvalue weighted by atomic mass is 16.7. The Morgan fingerprint density at radius 2 is 1.72 bits per heavy atom. The number of carbonyl (C=O) groups excluding carboxylic acids is 2. The van der Waals surface area contributed by atoms with E-state index in [1.54, 1.807) is 11.0 Å². The van der Waals surface area contributed by atoms with Gasteiger partial charge < -0.3 is 24.0 Å². The molecule has 236 valence electrons. The van der Waals surface area contributed by atoms with Crippen LogP contribution in [0.2, 0.25) is 0 Å². The van der Waals surface area contributed by atoms with Crippen molar-refractivity contribution >= 4 is 29.9 Å². The molecule has 0 bridgehead atoms. The molecule has 0 radical (unpaired) electrons. The van der Waals surface area contributed by atoms with E-state index in [0.29, 0.717) is 6.61 Å². The van der Waals surface area contributed by atoms with Gasteiger partial charge in [-0.2, -0.15) is 0 Å². The molecule has 1 aliphatic heterocycles. The van der Waals surface area contributed by atoms with E-state index < -0.39 is 11.8 Å². The van der Waals surface area contributed by atoms with Crippen LogP contribution in [0.1, 0.15) is 64.2 Å². The van der Waals surface area contributed by atoms with E-state index in [9.17, 15) is 9.59 Å². The Labute approximate surface area is 258 Å². The van der Waals surface area contributed by atoms with Crippen LogP contribution in [0.15, 0.2) is 42.5 Å². The Morgan fingerprint density at radius 3 is 2.40 bits per heavy atom. The number of allylic oxidation sites excluding steroid dienone is 1. The van der Waals surface area contributed by atoms with Crippen molar-refractivity contribution in [3.05, 3.63) is 59.2 Å². The highest BCUT2D eigenvalue weighted by Gasteiger charge is 2.37. The van der Waals surface area contributed by atoms with E-state index >= 15 is 0 Å². The van der Waals surface area contributed by atoms with Gasteiger partial charge in [-0.05, 0) is 94.1 Å². The number of anilines is 2. The molecule has 0 atom stereocenters. The number of aldehydes is 1. The van der Waals surface area contributed by atoms with Crippen LogP contribution in [-0.2, 0) is 14.3 Å². The molecule has 3 rings (SSSR count). The number of carbonyl (C=O) groups is 2. The summed E-state index contributed by atoms with van der Waals surface area (Å²) in [6.45, 7) is 20.1. The van der Waals surface area contributed by atoms with Crippen LogP contribution >= 0.6 is 0 Å². The van der Waals surface area contributed by atoms with E-state index in [-0.39, 0.29) is 12.1 Å². The second-order valence-corrected chi connectivity index (χ2v) is 12.9. The Hall–Kier alpha value is -3.52. The Balaban J connectivity index is 1.47. The molecule has 1 fully saturated rings. The fraction of sp³-hybridized carbons (Fsp3) is 0.543. The lowest BCUT2D eigenvalue weighted by atomic mass is 9.79. The molecule has 0 spiro atoms. The average molecular weight is 594 g/mol. The summed E-state index contributed by atoms with van der Waals surface area (Å²) in [5.74, 6) is 0.726. The third-order valence-corrected chi connectivity index (χ3v) is 8.71. The molecule has 2 aromatic carbocycles. The predicted octanol–water partition coefficient (Wildman–Crippen LogP) is 6.87. The van der Waals surface area contributed by atoms with Gasteiger partial charge in [0.25, 0.3) is 0 Å². The SMILES string of the molecule is Cc1cccc(N2CCN(CCCCOc3ccc(/C=C\C=O)c(N(C)COC(=O)OC(C)(C)C(C)(C)C)c3)CC2)c1C. The summed E-state index contributed by atoms with van der Waals surface area (Å²) in [7, 11) is 1.82. The number of rotatable bonds is 13. The molecule has 2 aromatic rings. The topological polar surface area (TPSA) is 71.5 Å². The van der Waals surface area contributed by atoms with Gasteiger partial charge in [-0.15, -0.1) is 0 Å². The van der Waals surface area contributed by atoms with Crippen molar-refractivity contribution in [1.82, 2.24) is 4.90 Å². The first-order valence-electron chi connectivity index (χ1n) is 15.3. The zero-order chi connectivity index (χ0) is 31.6. The number of ether oxygens (including phenoxy) is 3. The molecule has 0 saturated carbocycles. The summed E-state index contributed by atoms with van der Waals surface area (Å²) in [4.78, 5) is 30.2. The van der Waals surface area contributed by atoms with Crippen molar-refractivity contribution in [3.63, 3.8) is 0 Å². The summed E-state index contributed by atoms with van der Waals surface area (Å²) >= 11 is 0. The lowest BCUT2D eigenvalue weighted by molar-refractivity contribution is -0.104. The standard InChI is InChI=1S/C35H51N3O5/c1-27-13-11-15-31(28(27)2)38-21-19-37(20-22-38)18-9-10-24-41-30-17-16-29(14-12-23-39)32(25-30)36(8)26-42-33(40)43-35(6,7)34(3,4)5/h11-17,23,25H,9-10,18-22,24,26H2,1-8H3/b14-12-. The van der Waals surface area contributed by atoms with Gasteiger partial charge in [-0.25, -0.2) is 4.79 Å². The number of hydrogen-bond donors (Lipinski definition) is 0. The smallest absolute Gasteiger partial charge is 0.494 e. The summed E-state index contributed by atoms with van der Waals surface area (Å²) in [6, 6.07) is 12.3. The minimum Gasteiger partial charge on any atom is -0.494 e. The van der Waals surface area contributed by atoms with Crippen LogP contribution in [-0.4, -0.2) is 76.1 Å². The van der Waals surface area contributed by atoms with E-state index in [0.717, 1.165) is 68.9 Å². The molecule has 0 unspecified atom stereocenters. The van der Waals surface area contributed by atoms with Crippen molar-refractivity contribution in [2.24, 2.45) is 5.41 Å². The van der Waals surface area contributed by atoms with Crippen LogP contribution in [0.3, 0.4) is 0 Å². The second-order valence-electron chi connectivity index (χ2n) is 12.9. The molecule has 0 amide bonds. The molecule has 0 aliphatic carbocycles. The largest absolute Gasteiger partial charge is 0.510 e. The highest BCUT2D eigenvalue weighted by molar-refractivity contribution is 5.78. The first-order chi connectivity index (χ1) is 20.3. The van der Waals surface area contributed by atoms with Crippen LogP contribution in [0.25, 0.3) is 6.08 Å². The lowest BCUT2D eigenvalue weighted by Gasteiger charge is -2.37. The maximum atomic E-state index is 12.4. The molecule has 43 heavy (non-hydrogen) atoms. The third kappa shape index (κ3) is 9.75.